The Labute approximate surface area is 173 Å². The number of aromatic nitrogens is 2. The molecule has 0 saturated heterocycles. The summed E-state index contributed by atoms with van der Waals surface area (Å²) in [7, 11) is -3.93. The Bertz CT molecular complexity index is 1050. The van der Waals surface area contributed by atoms with Crippen LogP contribution in [0.1, 0.15) is 5.56 Å². The zero-order valence-corrected chi connectivity index (χ0v) is 16.8. The second-order valence-electron chi connectivity index (χ2n) is 5.89. The fourth-order valence-electron chi connectivity index (χ4n) is 2.51. The van der Waals surface area contributed by atoms with E-state index < -0.39 is 10.2 Å². The van der Waals surface area contributed by atoms with Gasteiger partial charge in [-0.05, 0) is 23.3 Å². The third kappa shape index (κ3) is 5.88. The molecule has 29 heavy (non-hydrogen) atoms. The molecule has 3 rings (SSSR count). The summed E-state index contributed by atoms with van der Waals surface area (Å²) in [6, 6.07) is 15.8. The minimum absolute atomic E-state index is 0.00392. The van der Waals surface area contributed by atoms with Gasteiger partial charge in [0.15, 0.2) is 5.82 Å². The highest BCUT2D eigenvalue weighted by atomic mass is 35.5. The van der Waals surface area contributed by atoms with E-state index in [4.69, 9.17) is 21.4 Å². The van der Waals surface area contributed by atoms with Crippen molar-refractivity contribution in [3.63, 3.8) is 0 Å². The molecule has 0 atom stereocenters. The van der Waals surface area contributed by atoms with Crippen LogP contribution in [0.2, 0.25) is 5.02 Å². The summed E-state index contributed by atoms with van der Waals surface area (Å²) in [4.78, 5) is 8.14. The second-order valence-corrected chi connectivity index (χ2v) is 7.83. The predicted octanol–water partition coefficient (Wildman–Crippen LogP) is 2.61. The molecule has 8 nitrogen and oxygen atoms in total. The Balaban J connectivity index is 1.90. The molecule has 0 radical (unpaired) electrons. The van der Waals surface area contributed by atoms with Crippen LogP contribution in [0.5, 0.6) is 5.88 Å². The van der Waals surface area contributed by atoms with Crippen LogP contribution < -0.4 is 14.2 Å². The molecule has 0 bridgehead atoms. The molecule has 0 aliphatic rings. The van der Waals surface area contributed by atoms with E-state index in [1.807, 2.05) is 30.3 Å². The number of hydrogen-bond donors (Lipinski definition) is 3. The molecule has 0 fully saturated rings. The van der Waals surface area contributed by atoms with Crippen molar-refractivity contribution in [3.05, 3.63) is 71.5 Å². The average Bonchev–Trinajstić information content (AvgIpc) is 2.72. The molecule has 10 heteroatoms. The minimum Gasteiger partial charge on any atom is -0.475 e. The van der Waals surface area contributed by atoms with Gasteiger partial charge >= 0.3 is 10.2 Å². The van der Waals surface area contributed by atoms with Gasteiger partial charge in [-0.15, -0.1) is 0 Å². The van der Waals surface area contributed by atoms with E-state index in [2.05, 4.69) is 19.4 Å². The van der Waals surface area contributed by atoms with Crippen molar-refractivity contribution < 1.29 is 18.3 Å². The summed E-state index contributed by atoms with van der Waals surface area (Å²) in [6.07, 6.45) is 1.18. The number of anilines is 1. The molecule has 3 N–H and O–H groups in total. The quantitative estimate of drug-likeness (QED) is 0.477. The normalized spacial score (nSPS) is 11.2. The van der Waals surface area contributed by atoms with Gasteiger partial charge in [-0.25, -0.2) is 9.97 Å². The fraction of sp³-hybridized carbons (Fsp3) is 0.158. The lowest BCUT2D eigenvalue weighted by Gasteiger charge is -2.15. The van der Waals surface area contributed by atoms with Gasteiger partial charge in [0, 0.05) is 11.6 Å². The van der Waals surface area contributed by atoms with Crippen LogP contribution >= 0.6 is 11.6 Å². The number of ether oxygens (including phenoxy) is 1. The van der Waals surface area contributed by atoms with Gasteiger partial charge in [0.2, 0.25) is 5.88 Å². The minimum atomic E-state index is -3.93. The Morgan fingerprint density at radius 1 is 1.03 bits per heavy atom. The number of benzene rings is 2. The van der Waals surface area contributed by atoms with Gasteiger partial charge in [0.05, 0.1) is 12.2 Å². The first kappa shape index (κ1) is 21.0. The summed E-state index contributed by atoms with van der Waals surface area (Å²) in [6.45, 7) is -0.106. The van der Waals surface area contributed by atoms with Gasteiger partial charge in [0.25, 0.3) is 0 Å². The fourth-order valence-corrected chi connectivity index (χ4v) is 3.48. The second kappa shape index (κ2) is 9.66. The average molecular weight is 435 g/mol. The van der Waals surface area contributed by atoms with Gasteiger partial charge in [-0.2, -0.15) is 13.1 Å². The number of aliphatic hydroxyl groups excluding tert-OH is 1. The van der Waals surface area contributed by atoms with Crippen molar-refractivity contribution in [2.45, 2.75) is 6.54 Å². The van der Waals surface area contributed by atoms with E-state index in [9.17, 15) is 8.42 Å². The monoisotopic (exact) mass is 434 g/mol. The maximum Gasteiger partial charge on any atom is 0.300 e. The Morgan fingerprint density at radius 2 is 1.76 bits per heavy atom. The van der Waals surface area contributed by atoms with E-state index >= 15 is 0 Å². The summed E-state index contributed by atoms with van der Waals surface area (Å²) in [5.41, 5.74) is 1.75. The molecular weight excluding hydrogens is 416 g/mol. The molecule has 0 unspecified atom stereocenters. The van der Waals surface area contributed by atoms with Gasteiger partial charge in [-0.1, -0.05) is 54.1 Å². The Hall–Kier alpha value is -2.72. The molecule has 0 amide bonds. The van der Waals surface area contributed by atoms with Crippen LogP contribution in [-0.2, 0) is 16.8 Å². The molecule has 0 aliphatic heterocycles. The molecule has 3 aromatic rings. The van der Waals surface area contributed by atoms with E-state index in [0.29, 0.717) is 16.1 Å². The Morgan fingerprint density at radius 3 is 2.45 bits per heavy atom. The highest BCUT2D eigenvalue weighted by Crippen LogP contribution is 2.34. The van der Waals surface area contributed by atoms with Crippen LogP contribution in [-0.4, -0.2) is 36.7 Å². The van der Waals surface area contributed by atoms with Crippen LogP contribution in [0, 0.1) is 0 Å². The number of aliphatic hydroxyl groups is 1. The van der Waals surface area contributed by atoms with Gasteiger partial charge < -0.3 is 9.84 Å². The SMILES string of the molecule is O=S(=O)(NCc1ccccc1)Nc1ncnc(OCCO)c1-c1ccc(Cl)cc1. The van der Waals surface area contributed by atoms with Crippen molar-refractivity contribution >= 4 is 27.6 Å². The van der Waals surface area contributed by atoms with Crippen LogP contribution in [0.4, 0.5) is 5.82 Å². The van der Waals surface area contributed by atoms with Gasteiger partial charge in [0.1, 0.15) is 12.9 Å². The smallest absolute Gasteiger partial charge is 0.300 e. The lowest BCUT2D eigenvalue weighted by atomic mass is 10.1. The molecule has 0 spiro atoms. The zero-order chi connectivity index (χ0) is 20.7. The van der Waals surface area contributed by atoms with Crippen LogP contribution in [0.15, 0.2) is 60.9 Å². The lowest BCUT2D eigenvalue weighted by Crippen LogP contribution is -2.30. The third-order valence-corrected chi connectivity index (χ3v) is 5.05. The van der Waals surface area contributed by atoms with Crippen LogP contribution in [0.3, 0.4) is 0 Å². The maximum atomic E-state index is 12.6. The molecule has 0 saturated carbocycles. The van der Waals surface area contributed by atoms with E-state index in [0.717, 1.165) is 5.56 Å². The van der Waals surface area contributed by atoms with Gasteiger partial charge in [-0.3, -0.25) is 4.72 Å². The highest BCUT2D eigenvalue weighted by molar-refractivity contribution is 7.90. The third-order valence-electron chi connectivity index (χ3n) is 3.82. The number of rotatable bonds is 9. The summed E-state index contributed by atoms with van der Waals surface area (Å²) in [5.74, 6) is 0.174. The number of halogens is 1. The predicted molar refractivity (Wildman–Crippen MR) is 111 cm³/mol. The van der Waals surface area contributed by atoms with E-state index in [1.54, 1.807) is 24.3 Å². The van der Waals surface area contributed by atoms with Crippen molar-refractivity contribution in [1.29, 1.82) is 0 Å². The molecule has 2 aromatic carbocycles. The molecular formula is C19H19ClN4O4S. The van der Waals surface area contributed by atoms with Crippen molar-refractivity contribution in [2.24, 2.45) is 0 Å². The summed E-state index contributed by atoms with van der Waals surface area (Å²) >= 11 is 5.95. The first-order valence-corrected chi connectivity index (χ1v) is 10.5. The summed E-state index contributed by atoms with van der Waals surface area (Å²) < 4.78 is 35.5. The largest absolute Gasteiger partial charge is 0.475 e. The first-order valence-electron chi connectivity index (χ1n) is 8.64. The van der Waals surface area contributed by atoms with Crippen molar-refractivity contribution in [2.75, 3.05) is 17.9 Å². The van der Waals surface area contributed by atoms with Crippen molar-refractivity contribution in [3.8, 4) is 17.0 Å². The van der Waals surface area contributed by atoms with E-state index in [-0.39, 0.29) is 31.5 Å². The topological polar surface area (TPSA) is 113 Å². The van der Waals surface area contributed by atoms with Crippen LogP contribution in [0.25, 0.3) is 11.1 Å². The number of hydrogen-bond acceptors (Lipinski definition) is 6. The highest BCUT2D eigenvalue weighted by Gasteiger charge is 2.20. The zero-order valence-electron chi connectivity index (χ0n) is 15.2. The first-order chi connectivity index (χ1) is 14.0. The molecule has 0 aliphatic carbocycles. The molecule has 1 aromatic heterocycles. The standard InChI is InChI=1S/C19H19ClN4O4S/c20-16-8-6-15(7-9-16)17-18(21-13-22-19(17)28-11-10-25)24-29(26,27)23-12-14-4-2-1-3-5-14/h1-9,13,23,25H,10-12H2,(H,21,22,24). The number of nitrogens with zero attached hydrogens (tertiary/aromatic N) is 2. The molecule has 1 heterocycles. The number of nitrogens with one attached hydrogen (secondary N) is 2. The Kier molecular flexibility index (Phi) is 6.99. The summed E-state index contributed by atoms with van der Waals surface area (Å²) in [5, 5.41) is 9.58. The lowest BCUT2D eigenvalue weighted by molar-refractivity contribution is 0.197. The molecule has 152 valence electrons. The maximum absolute atomic E-state index is 12.6. The van der Waals surface area contributed by atoms with Crippen molar-refractivity contribution in [1.82, 2.24) is 14.7 Å². The van der Waals surface area contributed by atoms with E-state index in [1.165, 1.54) is 6.33 Å².